The smallest absolute Gasteiger partial charge is 0.359 e. The largest absolute Gasteiger partial charge is 0.366 e. The maximum Gasteiger partial charge on any atom is 0.366 e. The summed E-state index contributed by atoms with van der Waals surface area (Å²) < 4.78 is 0. The highest BCUT2D eigenvalue weighted by atomic mass is 16.6. The van der Waals surface area contributed by atoms with Crippen molar-refractivity contribution in [2.75, 3.05) is 18.0 Å². The number of nitrogens with one attached hydrogen (secondary N) is 1. The van der Waals surface area contributed by atoms with Crippen LogP contribution in [0, 0.1) is 10.1 Å². The van der Waals surface area contributed by atoms with E-state index in [0.29, 0.717) is 12.2 Å². The number of aromatic amines is 1. The summed E-state index contributed by atoms with van der Waals surface area (Å²) in [5.41, 5.74) is 6.24. The van der Waals surface area contributed by atoms with Crippen molar-refractivity contribution in [2.24, 2.45) is 5.73 Å². The monoisotopic (exact) mass is 225 g/mol. The van der Waals surface area contributed by atoms with Gasteiger partial charge in [0.1, 0.15) is 6.20 Å². The molecule has 0 aromatic carbocycles. The number of aromatic nitrogens is 2. The lowest BCUT2D eigenvalue weighted by atomic mass is 10.0. The molecule has 1 aliphatic heterocycles. The van der Waals surface area contributed by atoms with Gasteiger partial charge in [-0.15, -0.1) is 5.10 Å². The Morgan fingerprint density at radius 3 is 3.19 bits per heavy atom. The zero-order chi connectivity index (χ0) is 11.5. The van der Waals surface area contributed by atoms with E-state index in [-0.39, 0.29) is 11.9 Å². The van der Waals surface area contributed by atoms with Crippen molar-refractivity contribution < 1.29 is 4.92 Å². The Morgan fingerprint density at radius 1 is 1.69 bits per heavy atom. The highest BCUT2D eigenvalue weighted by Crippen LogP contribution is 2.30. The zero-order valence-electron chi connectivity index (χ0n) is 8.93. The summed E-state index contributed by atoms with van der Waals surface area (Å²) in [4.78, 5) is 12.3. The van der Waals surface area contributed by atoms with E-state index in [1.165, 1.54) is 6.20 Å². The third-order valence-electron chi connectivity index (χ3n) is 2.99. The van der Waals surface area contributed by atoms with E-state index in [0.717, 1.165) is 25.8 Å². The molecule has 1 unspecified atom stereocenters. The van der Waals surface area contributed by atoms with Gasteiger partial charge < -0.3 is 20.7 Å². The molecule has 0 amide bonds. The molecule has 1 aliphatic rings. The number of anilines is 1. The molecule has 3 N–H and O–H groups in total. The summed E-state index contributed by atoms with van der Waals surface area (Å²) in [5, 5.41) is 17.0. The summed E-state index contributed by atoms with van der Waals surface area (Å²) in [6.45, 7) is 1.32. The number of rotatable bonds is 3. The quantitative estimate of drug-likeness (QED) is 0.580. The fourth-order valence-corrected chi connectivity index (χ4v) is 2.18. The molecule has 1 saturated heterocycles. The molecule has 2 heterocycles. The molecule has 2 rings (SSSR count). The number of piperidine rings is 1. The van der Waals surface area contributed by atoms with Crippen LogP contribution < -0.4 is 10.6 Å². The lowest BCUT2D eigenvalue weighted by molar-refractivity contribution is -0.388. The first kappa shape index (κ1) is 10.9. The van der Waals surface area contributed by atoms with Crippen molar-refractivity contribution >= 4 is 11.5 Å². The van der Waals surface area contributed by atoms with E-state index in [1.807, 2.05) is 4.90 Å². The highest BCUT2D eigenvalue weighted by molar-refractivity contribution is 5.58. The highest BCUT2D eigenvalue weighted by Gasteiger charge is 2.28. The molecule has 0 spiro atoms. The second-order valence-corrected chi connectivity index (χ2v) is 3.94. The van der Waals surface area contributed by atoms with E-state index in [1.54, 1.807) is 0 Å². The summed E-state index contributed by atoms with van der Waals surface area (Å²) in [5.74, 6) is -0.0413. The van der Waals surface area contributed by atoms with Crippen LogP contribution in [-0.4, -0.2) is 34.3 Å². The molecule has 0 bridgehead atoms. The standard InChI is InChI=1S/C9H15N5O2/c10-5-7-3-1-2-4-13(7)8-6-11-12-9(8)14(15)16/h6-7H,1-5,10H2,(H,11,12). The summed E-state index contributed by atoms with van der Waals surface area (Å²) in [7, 11) is 0. The predicted molar refractivity (Wildman–Crippen MR) is 59.3 cm³/mol. The van der Waals surface area contributed by atoms with Gasteiger partial charge in [-0.2, -0.15) is 0 Å². The molecule has 7 heteroatoms. The van der Waals surface area contributed by atoms with E-state index >= 15 is 0 Å². The van der Waals surface area contributed by atoms with Gasteiger partial charge in [-0.1, -0.05) is 5.10 Å². The number of hydrogen-bond donors (Lipinski definition) is 2. The van der Waals surface area contributed by atoms with E-state index in [9.17, 15) is 10.1 Å². The van der Waals surface area contributed by atoms with Gasteiger partial charge >= 0.3 is 5.82 Å². The van der Waals surface area contributed by atoms with Crippen LogP contribution in [0.5, 0.6) is 0 Å². The molecule has 1 atom stereocenters. The summed E-state index contributed by atoms with van der Waals surface area (Å²) in [6.07, 6.45) is 4.66. The number of nitrogens with two attached hydrogens (primary N) is 1. The Kier molecular flexibility index (Phi) is 3.04. The van der Waals surface area contributed by atoms with E-state index < -0.39 is 4.92 Å². The molecule has 1 aromatic rings. The molecule has 7 nitrogen and oxygen atoms in total. The van der Waals surface area contributed by atoms with E-state index in [2.05, 4.69) is 10.2 Å². The minimum Gasteiger partial charge on any atom is -0.359 e. The van der Waals surface area contributed by atoms with Crippen molar-refractivity contribution in [1.29, 1.82) is 0 Å². The Morgan fingerprint density at radius 2 is 2.50 bits per heavy atom. The second kappa shape index (κ2) is 4.48. The van der Waals surface area contributed by atoms with Gasteiger partial charge in [0.05, 0.1) is 0 Å². The minimum absolute atomic E-state index is 0.0413. The molecule has 0 aliphatic carbocycles. The molecule has 0 radical (unpaired) electrons. The molecular formula is C9H15N5O2. The first-order valence-electron chi connectivity index (χ1n) is 5.38. The molecule has 88 valence electrons. The van der Waals surface area contributed by atoms with Gasteiger partial charge in [-0.3, -0.25) is 0 Å². The van der Waals surface area contributed by atoms with Crippen LogP contribution in [0.3, 0.4) is 0 Å². The van der Waals surface area contributed by atoms with Crippen LogP contribution in [0.2, 0.25) is 0 Å². The third-order valence-corrected chi connectivity index (χ3v) is 2.99. The van der Waals surface area contributed by atoms with Crippen molar-refractivity contribution in [2.45, 2.75) is 25.3 Å². The number of nitrogens with zero attached hydrogens (tertiary/aromatic N) is 3. The van der Waals surface area contributed by atoms with Gasteiger partial charge in [0.15, 0.2) is 5.69 Å². The summed E-state index contributed by atoms with van der Waals surface area (Å²) >= 11 is 0. The van der Waals surface area contributed by atoms with Gasteiger partial charge in [0, 0.05) is 19.1 Å². The number of hydrogen-bond acceptors (Lipinski definition) is 5. The normalized spacial score (nSPS) is 21.1. The lowest BCUT2D eigenvalue weighted by Gasteiger charge is -2.35. The van der Waals surface area contributed by atoms with Gasteiger partial charge in [0.2, 0.25) is 0 Å². The predicted octanol–water partition coefficient (Wildman–Crippen LogP) is 0.635. The van der Waals surface area contributed by atoms with Crippen LogP contribution in [0.4, 0.5) is 11.5 Å². The Balaban J connectivity index is 2.27. The van der Waals surface area contributed by atoms with Crippen LogP contribution >= 0.6 is 0 Å². The summed E-state index contributed by atoms with van der Waals surface area (Å²) in [6, 6.07) is 0.185. The maximum atomic E-state index is 10.8. The number of nitro groups is 1. The van der Waals surface area contributed by atoms with Gasteiger partial charge in [0.25, 0.3) is 0 Å². The Hall–Kier alpha value is -1.63. The maximum absolute atomic E-state index is 10.8. The first-order valence-corrected chi connectivity index (χ1v) is 5.38. The number of H-pyrrole nitrogens is 1. The van der Waals surface area contributed by atoms with E-state index in [4.69, 9.17) is 5.73 Å². The third kappa shape index (κ3) is 1.85. The minimum atomic E-state index is -0.440. The van der Waals surface area contributed by atoms with Crippen molar-refractivity contribution in [3.8, 4) is 0 Å². The van der Waals surface area contributed by atoms with Crippen molar-refractivity contribution in [3.63, 3.8) is 0 Å². The van der Waals surface area contributed by atoms with Gasteiger partial charge in [-0.05, 0) is 24.2 Å². The van der Waals surface area contributed by atoms with Gasteiger partial charge in [-0.25, -0.2) is 0 Å². The van der Waals surface area contributed by atoms with Crippen molar-refractivity contribution in [3.05, 3.63) is 16.3 Å². The molecular weight excluding hydrogens is 210 g/mol. The fraction of sp³-hybridized carbons (Fsp3) is 0.667. The average Bonchev–Trinajstić information content (AvgIpc) is 2.77. The molecule has 1 aromatic heterocycles. The molecule has 16 heavy (non-hydrogen) atoms. The Bertz CT molecular complexity index is 378. The SMILES string of the molecule is NCC1CCCCN1c1cn[nH]c1[N+](=O)[O-]. The van der Waals surface area contributed by atoms with Crippen LogP contribution in [0.25, 0.3) is 0 Å². The van der Waals surface area contributed by atoms with Crippen LogP contribution in [0.15, 0.2) is 6.20 Å². The molecule has 1 fully saturated rings. The lowest BCUT2D eigenvalue weighted by Crippen LogP contribution is -2.44. The Labute approximate surface area is 92.8 Å². The topological polar surface area (TPSA) is 101 Å². The average molecular weight is 225 g/mol. The van der Waals surface area contributed by atoms with Crippen LogP contribution in [-0.2, 0) is 0 Å². The fourth-order valence-electron chi connectivity index (χ4n) is 2.18. The second-order valence-electron chi connectivity index (χ2n) is 3.94. The zero-order valence-corrected chi connectivity index (χ0v) is 8.93. The molecule has 0 saturated carbocycles. The first-order chi connectivity index (χ1) is 7.74. The van der Waals surface area contributed by atoms with Crippen LogP contribution in [0.1, 0.15) is 19.3 Å². The van der Waals surface area contributed by atoms with Crippen molar-refractivity contribution in [1.82, 2.24) is 10.2 Å².